The van der Waals surface area contributed by atoms with Crippen LogP contribution in [0.3, 0.4) is 0 Å². The van der Waals surface area contributed by atoms with Crippen molar-refractivity contribution in [3.05, 3.63) is 23.4 Å². The summed E-state index contributed by atoms with van der Waals surface area (Å²) < 4.78 is 0. The van der Waals surface area contributed by atoms with E-state index in [1.54, 1.807) is 6.07 Å². The van der Waals surface area contributed by atoms with Gasteiger partial charge in [-0.05, 0) is 12.1 Å². The van der Waals surface area contributed by atoms with Crippen molar-refractivity contribution in [2.24, 2.45) is 0 Å². The van der Waals surface area contributed by atoms with Gasteiger partial charge in [-0.15, -0.1) is 11.8 Å². The summed E-state index contributed by atoms with van der Waals surface area (Å²) >= 11 is 7.13. The van der Waals surface area contributed by atoms with Gasteiger partial charge in [0.05, 0.1) is 11.6 Å². The van der Waals surface area contributed by atoms with Crippen molar-refractivity contribution < 1.29 is 5.11 Å². The molecule has 1 aromatic heterocycles. The molecule has 0 radical (unpaired) electrons. The molecule has 0 unspecified atom stereocenters. The zero-order chi connectivity index (χ0) is 8.10. The lowest BCUT2D eigenvalue weighted by molar-refractivity contribution is 0.322. The molecule has 11 heavy (non-hydrogen) atoms. The molecule has 0 fully saturated rings. The summed E-state index contributed by atoms with van der Waals surface area (Å²) in [7, 11) is 0. The van der Waals surface area contributed by atoms with Crippen LogP contribution in [-0.2, 0) is 0 Å². The average molecular weight is 190 g/mol. The predicted molar refractivity (Wildman–Crippen MR) is 47.1 cm³/mol. The second kappa shape index (κ2) is 4.59. The highest BCUT2D eigenvalue weighted by molar-refractivity contribution is 7.99. The molecule has 0 aliphatic heterocycles. The Kier molecular flexibility index (Phi) is 3.69. The Morgan fingerprint density at radius 1 is 1.55 bits per heavy atom. The van der Waals surface area contributed by atoms with Crippen molar-refractivity contribution in [2.75, 3.05) is 12.4 Å². The number of thioether (sulfide) groups is 1. The molecule has 0 atom stereocenters. The molecule has 2 nitrogen and oxygen atoms in total. The number of hydrogen-bond donors (Lipinski definition) is 1. The Balaban J connectivity index is 2.56. The van der Waals surface area contributed by atoms with E-state index in [1.807, 2.05) is 12.1 Å². The van der Waals surface area contributed by atoms with E-state index in [2.05, 4.69) is 4.98 Å². The Hall–Kier alpha value is -0.250. The van der Waals surface area contributed by atoms with Crippen LogP contribution in [0.5, 0.6) is 0 Å². The Bertz CT molecular complexity index is 231. The quantitative estimate of drug-likeness (QED) is 0.582. The van der Waals surface area contributed by atoms with E-state index in [4.69, 9.17) is 16.7 Å². The zero-order valence-corrected chi connectivity index (χ0v) is 7.40. The van der Waals surface area contributed by atoms with Gasteiger partial charge in [-0.25, -0.2) is 4.98 Å². The van der Waals surface area contributed by atoms with Gasteiger partial charge >= 0.3 is 0 Å². The summed E-state index contributed by atoms with van der Waals surface area (Å²) in [6.45, 7) is 0.166. The van der Waals surface area contributed by atoms with Crippen molar-refractivity contribution in [2.45, 2.75) is 5.03 Å². The van der Waals surface area contributed by atoms with E-state index in [-0.39, 0.29) is 6.61 Å². The molecule has 0 saturated carbocycles. The average Bonchev–Trinajstić information content (AvgIpc) is 2.01. The van der Waals surface area contributed by atoms with Crippen molar-refractivity contribution in [1.29, 1.82) is 0 Å². The molecular weight excluding hydrogens is 182 g/mol. The maximum Gasteiger partial charge on any atom is 0.130 e. The predicted octanol–water partition coefficient (Wildman–Crippen LogP) is 1.82. The second-order valence-corrected chi connectivity index (χ2v) is 3.37. The van der Waals surface area contributed by atoms with Gasteiger partial charge in [0.15, 0.2) is 0 Å². The fraction of sp³-hybridized carbons (Fsp3) is 0.286. The van der Waals surface area contributed by atoms with Crippen LogP contribution in [0.1, 0.15) is 0 Å². The van der Waals surface area contributed by atoms with Crippen LogP contribution in [0.2, 0.25) is 5.15 Å². The fourth-order valence-corrected chi connectivity index (χ4v) is 1.47. The number of aromatic nitrogens is 1. The number of aliphatic hydroxyl groups excluding tert-OH is 1. The van der Waals surface area contributed by atoms with Crippen LogP contribution in [0, 0.1) is 0 Å². The molecule has 60 valence electrons. The molecule has 1 aromatic rings. The summed E-state index contributed by atoms with van der Waals surface area (Å²) in [4.78, 5) is 4.03. The largest absolute Gasteiger partial charge is 0.396 e. The minimum Gasteiger partial charge on any atom is -0.396 e. The van der Waals surface area contributed by atoms with Gasteiger partial charge in [-0.1, -0.05) is 17.7 Å². The van der Waals surface area contributed by atoms with Crippen molar-refractivity contribution in [1.82, 2.24) is 4.98 Å². The number of aliphatic hydroxyl groups is 1. The number of nitrogens with zero attached hydrogens (tertiary/aromatic N) is 1. The van der Waals surface area contributed by atoms with E-state index in [9.17, 15) is 0 Å². The van der Waals surface area contributed by atoms with Crippen LogP contribution in [0.25, 0.3) is 0 Å². The fourth-order valence-electron chi connectivity index (χ4n) is 0.620. The number of rotatable bonds is 3. The van der Waals surface area contributed by atoms with Gasteiger partial charge in [0, 0.05) is 5.75 Å². The molecule has 1 rings (SSSR count). The number of halogens is 1. The van der Waals surface area contributed by atoms with Gasteiger partial charge in [-0.2, -0.15) is 0 Å². The van der Waals surface area contributed by atoms with Gasteiger partial charge < -0.3 is 5.11 Å². The third-order valence-electron chi connectivity index (χ3n) is 1.03. The lowest BCUT2D eigenvalue weighted by Gasteiger charge is -1.97. The van der Waals surface area contributed by atoms with E-state index in [1.165, 1.54) is 11.8 Å². The topological polar surface area (TPSA) is 33.1 Å². The number of hydrogen-bond acceptors (Lipinski definition) is 3. The lowest BCUT2D eigenvalue weighted by atomic mass is 10.5. The minimum absolute atomic E-state index is 0.166. The van der Waals surface area contributed by atoms with Crippen LogP contribution < -0.4 is 0 Å². The first-order chi connectivity index (χ1) is 5.33. The molecule has 0 saturated heterocycles. The highest BCUT2D eigenvalue weighted by atomic mass is 35.5. The lowest BCUT2D eigenvalue weighted by Crippen LogP contribution is -1.87. The molecule has 1 heterocycles. The van der Waals surface area contributed by atoms with Gasteiger partial charge in [-0.3, -0.25) is 0 Å². The third-order valence-corrected chi connectivity index (χ3v) is 2.15. The molecule has 0 aliphatic rings. The van der Waals surface area contributed by atoms with Crippen LogP contribution in [-0.4, -0.2) is 22.5 Å². The molecule has 0 amide bonds. The Morgan fingerprint density at radius 2 is 2.36 bits per heavy atom. The minimum atomic E-state index is 0.166. The molecule has 0 aliphatic carbocycles. The standard InChI is InChI=1S/C7H8ClNOS/c8-6-2-1-3-7(9-6)11-5-4-10/h1-3,10H,4-5H2. The summed E-state index contributed by atoms with van der Waals surface area (Å²) in [5, 5.41) is 9.86. The highest BCUT2D eigenvalue weighted by Gasteiger charge is 1.94. The van der Waals surface area contributed by atoms with Gasteiger partial charge in [0.1, 0.15) is 5.15 Å². The van der Waals surface area contributed by atoms with Gasteiger partial charge in [0.2, 0.25) is 0 Å². The summed E-state index contributed by atoms with van der Waals surface area (Å²) in [6, 6.07) is 5.44. The normalized spacial score (nSPS) is 10.0. The van der Waals surface area contributed by atoms with Crippen LogP contribution >= 0.6 is 23.4 Å². The zero-order valence-electron chi connectivity index (χ0n) is 5.83. The summed E-state index contributed by atoms with van der Waals surface area (Å²) in [6.07, 6.45) is 0. The molecular formula is C7H8ClNOS. The first kappa shape index (κ1) is 8.84. The van der Waals surface area contributed by atoms with E-state index in [0.29, 0.717) is 10.9 Å². The van der Waals surface area contributed by atoms with Crippen LogP contribution in [0.15, 0.2) is 23.2 Å². The maximum absolute atomic E-state index is 8.52. The van der Waals surface area contributed by atoms with Crippen molar-refractivity contribution >= 4 is 23.4 Å². The smallest absolute Gasteiger partial charge is 0.130 e. The van der Waals surface area contributed by atoms with Crippen molar-refractivity contribution in [3.63, 3.8) is 0 Å². The Morgan fingerprint density at radius 3 is 3.00 bits per heavy atom. The third kappa shape index (κ3) is 3.10. The summed E-state index contributed by atoms with van der Waals surface area (Å²) in [5.41, 5.74) is 0. The molecule has 0 bridgehead atoms. The van der Waals surface area contributed by atoms with Crippen LogP contribution in [0.4, 0.5) is 0 Å². The maximum atomic E-state index is 8.52. The summed E-state index contributed by atoms with van der Waals surface area (Å²) in [5.74, 6) is 0.660. The molecule has 4 heteroatoms. The van der Waals surface area contributed by atoms with Gasteiger partial charge in [0.25, 0.3) is 0 Å². The Labute approximate surface area is 74.6 Å². The first-order valence-corrected chi connectivity index (χ1v) is 4.55. The van der Waals surface area contributed by atoms with E-state index in [0.717, 1.165) is 5.03 Å². The van der Waals surface area contributed by atoms with Crippen molar-refractivity contribution in [3.8, 4) is 0 Å². The first-order valence-electron chi connectivity index (χ1n) is 3.19. The monoisotopic (exact) mass is 189 g/mol. The molecule has 0 spiro atoms. The second-order valence-electron chi connectivity index (χ2n) is 1.87. The molecule has 1 N–H and O–H groups in total. The SMILES string of the molecule is OCCSc1cccc(Cl)n1. The highest BCUT2D eigenvalue weighted by Crippen LogP contribution is 2.16. The molecule has 0 aromatic carbocycles. The van der Waals surface area contributed by atoms with E-state index >= 15 is 0 Å². The van der Waals surface area contributed by atoms with E-state index < -0.39 is 0 Å². The number of pyridine rings is 1.